The van der Waals surface area contributed by atoms with Gasteiger partial charge < -0.3 is 5.73 Å². The van der Waals surface area contributed by atoms with Crippen molar-refractivity contribution >= 4 is 37.8 Å². The van der Waals surface area contributed by atoms with Crippen LogP contribution in [-0.4, -0.2) is 23.6 Å². The van der Waals surface area contributed by atoms with E-state index in [1.54, 1.807) is 16.7 Å². The lowest BCUT2D eigenvalue weighted by Gasteiger charge is -2.01. The van der Waals surface area contributed by atoms with Crippen molar-refractivity contribution in [2.45, 2.75) is 11.4 Å². The first kappa shape index (κ1) is 14.2. The van der Waals surface area contributed by atoms with Crippen molar-refractivity contribution in [3.05, 3.63) is 34.8 Å². The third-order valence-corrected chi connectivity index (χ3v) is 5.95. The molecule has 0 aromatic carbocycles. The van der Waals surface area contributed by atoms with Crippen LogP contribution < -0.4 is 10.5 Å². The number of thiophene rings is 1. The standard InChI is InChI=1S/C11H11N5O2S3/c12-3-7-1-2-10(20-7)9-6-19-11(15-9)16-21(17,18)8-4-13-14-5-8/h1-2,4-6H,3,12H2,(H,13,14)(H,15,16). The van der Waals surface area contributed by atoms with E-state index in [1.807, 2.05) is 12.1 Å². The molecule has 10 heteroatoms. The number of hydrogen-bond donors (Lipinski definition) is 3. The second kappa shape index (κ2) is 5.56. The number of H-pyrrole nitrogens is 1. The van der Waals surface area contributed by atoms with Crippen LogP contribution in [-0.2, 0) is 16.6 Å². The van der Waals surface area contributed by atoms with Crippen LogP contribution in [0.3, 0.4) is 0 Å². The van der Waals surface area contributed by atoms with Crippen LogP contribution in [0.4, 0.5) is 5.13 Å². The molecule has 3 rings (SSSR count). The molecule has 3 aromatic heterocycles. The molecule has 0 aliphatic rings. The minimum absolute atomic E-state index is 0.0702. The van der Waals surface area contributed by atoms with Crippen molar-refractivity contribution in [1.82, 2.24) is 15.2 Å². The summed E-state index contributed by atoms with van der Waals surface area (Å²) in [6.07, 6.45) is 2.55. The van der Waals surface area contributed by atoms with Crippen molar-refractivity contribution in [1.29, 1.82) is 0 Å². The van der Waals surface area contributed by atoms with Crippen LogP contribution >= 0.6 is 22.7 Å². The number of nitrogens with two attached hydrogens (primary N) is 1. The fourth-order valence-electron chi connectivity index (χ4n) is 1.62. The lowest BCUT2D eigenvalue weighted by molar-refractivity contribution is 0.601. The summed E-state index contributed by atoms with van der Waals surface area (Å²) in [5.41, 5.74) is 6.31. The Morgan fingerprint density at radius 1 is 1.38 bits per heavy atom. The molecule has 0 unspecified atom stereocenters. The quantitative estimate of drug-likeness (QED) is 0.655. The maximum Gasteiger partial charge on any atom is 0.266 e. The van der Waals surface area contributed by atoms with Crippen molar-refractivity contribution < 1.29 is 8.42 Å². The first-order chi connectivity index (χ1) is 10.1. The summed E-state index contributed by atoms with van der Waals surface area (Å²) in [4.78, 5) is 6.37. The average Bonchev–Trinajstić information content (AvgIpc) is 3.19. The topological polar surface area (TPSA) is 114 Å². The SMILES string of the molecule is NCc1ccc(-c2csc(NS(=O)(=O)c3cn[nH]c3)n2)s1. The number of rotatable bonds is 5. The van der Waals surface area contributed by atoms with Crippen LogP contribution in [0, 0.1) is 0 Å². The zero-order valence-corrected chi connectivity index (χ0v) is 13.1. The molecule has 3 aromatic rings. The number of hydrogen-bond acceptors (Lipinski definition) is 7. The van der Waals surface area contributed by atoms with Gasteiger partial charge in [0.15, 0.2) is 5.13 Å². The van der Waals surface area contributed by atoms with Crippen LogP contribution in [0.5, 0.6) is 0 Å². The molecule has 3 heterocycles. The maximum atomic E-state index is 12.0. The molecule has 7 nitrogen and oxygen atoms in total. The zero-order chi connectivity index (χ0) is 14.9. The van der Waals surface area contributed by atoms with Gasteiger partial charge >= 0.3 is 0 Å². The largest absolute Gasteiger partial charge is 0.326 e. The Balaban J connectivity index is 1.82. The van der Waals surface area contributed by atoms with E-state index in [9.17, 15) is 8.42 Å². The van der Waals surface area contributed by atoms with Gasteiger partial charge in [-0.25, -0.2) is 13.4 Å². The summed E-state index contributed by atoms with van der Waals surface area (Å²) < 4.78 is 26.5. The van der Waals surface area contributed by atoms with Gasteiger partial charge in [-0.2, -0.15) is 5.10 Å². The van der Waals surface area contributed by atoms with E-state index in [0.717, 1.165) is 15.4 Å². The second-order valence-corrected chi connectivity index (χ2v) is 7.76. The first-order valence-electron chi connectivity index (χ1n) is 5.85. The molecule has 0 saturated heterocycles. The van der Waals surface area contributed by atoms with E-state index in [2.05, 4.69) is 19.9 Å². The molecule has 21 heavy (non-hydrogen) atoms. The fraction of sp³-hybridized carbons (Fsp3) is 0.0909. The van der Waals surface area contributed by atoms with Crippen LogP contribution in [0.1, 0.15) is 4.88 Å². The zero-order valence-electron chi connectivity index (χ0n) is 10.6. The minimum atomic E-state index is -3.65. The predicted octanol–water partition coefficient (Wildman–Crippen LogP) is 1.85. The number of nitrogens with one attached hydrogen (secondary N) is 2. The monoisotopic (exact) mass is 341 g/mol. The molecular formula is C11H11N5O2S3. The summed E-state index contributed by atoms with van der Waals surface area (Å²) in [5.74, 6) is 0. The summed E-state index contributed by atoms with van der Waals surface area (Å²) in [5, 5.41) is 8.21. The highest BCUT2D eigenvalue weighted by atomic mass is 32.2. The van der Waals surface area contributed by atoms with Gasteiger partial charge in [-0.15, -0.1) is 22.7 Å². The average molecular weight is 341 g/mol. The van der Waals surface area contributed by atoms with Gasteiger partial charge in [-0.1, -0.05) is 0 Å². The van der Waals surface area contributed by atoms with E-state index in [-0.39, 0.29) is 4.90 Å². The fourth-order valence-corrected chi connectivity index (χ4v) is 4.41. The third kappa shape index (κ3) is 2.97. The Bertz CT molecular complexity index is 835. The number of thiazole rings is 1. The summed E-state index contributed by atoms with van der Waals surface area (Å²) in [6, 6.07) is 3.87. The van der Waals surface area contributed by atoms with Gasteiger partial charge in [0, 0.05) is 23.0 Å². The number of aromatic amines is 1. The van der Waals surface area contributed by atoms with Gasteiger partial charge in [0.05, 0.1) is 16.8 Å². The molecule has 0 bridgehead atoms. The molecule has 0 fully saturated rings. The number of sulfonamides is 1. The molecule has 0 atom stereocenters. The van der Waals surface area contributed by atoms with E-state index in [1.165, 1.54) is 23.7 Å². The molecule has 0 aliphatic carbocycles. The van der Waals surface area contributed by atoms with Crippen molar-refractivity contribution in [2.24, 2.45) is 5.73 Å². The highest BCUT2D eigenvalue weighted by Crippen LogP contribution is 2.31. The van der Waals surface area contributed by atoms with Gasteiger partial charge in [0.1, 0.15) is 4.90 Å². The van der Waals surface area contributed by atoms with Gasteiger partial charge in [0.25, 0.3) is 10.0 Å². The van der Waals surface area contributed by atoms with E-state index >= 15 is 0 Å². The highest BCUT2D eigenvalue weighted by Gasteiger charge is 2.17. The van der Waals surface area contributed by atoms with Gasteiger partial charge in [-0.3, -0.25) is 9.82 Å². The van der Waals surface area contributed by atoms with Crippen LogP contribution in [0.2, 0.25) is 0 Å². The molecule has 110 valence electrons. The Labute approximate surface area is 128 Å². The number of aromatic nitrogens is 3. The van der Waals surface area contributed by atoms with E-state index < -0.39 is 10.0 Å². The first-order valence-corrected chi connectivity index (χ1v) is 9.03. The molecule has 0 spiro atoms. The summed E-state index contributed by atoms with van der Waals surface area (Å²) in [6.45, 7) is 0.481. The van der Waals surface area contributed by atoms with Crippen LogP contribution in [0.25, 0.3) is 10.6 Å². The Kier molecular flexibility index (Phi) is 3.76. The second-order valence-electron chi connectivity index (χ2n) is 4.05. The van der Waals surface area contributed by atoms with E-state index in [0.29, 0.717) is 11.7 Å². The van der Waals surface area contributed by atoms with Crippen LogP contribution in [0.15, 0.2) is 34.8 Å². The van der Waals surface area contributed by atoms with Gasteiger partial charge in [-0.05, 0) is 12.1 Å². The normalized spacial score (nSPS) is 11.7. The Hall–Kier alpha value is -1.75. The Morgan fingerprint density at radius 2 is 2.24 bits per heavy atom. The van der Waals surface area contributed by atoms with E-state index in [4.69, 9.17) is 5.73 Å². The summed E-state index contributed by atoms with van der Waals surface area (Å²) >= 11 is 2.77. The molecule has 0 radical (unpaired) electrons. The minimum Gasteiger partial charge on any atom is -0.326 e. The van der Waals surface area contributed by atoms with Crippen molar-refractivity contribution in [2.75, 3.05) is 4.72 Å². The number of anilines is 1. The Morgan fingerprint density at radius 3 is 2.90 bits per heavy atom. The lowest BCUT2D eigenvalue weighted by Crippen LogP contribution is -2.11. The molecular weight excluding hydrogens is 330 g/mol. The molecule has 0 aliphatic heterocycles. The smallest absolute Gasteiger partial charge is 0.266 e. The van der Waals surface area contributed by atoms with Crippen molar-refractivity contribution in [3.8, 4) is 10.6 Å². The van der Waals surface area contributed by atoms with Gasteiger partial charge in [0.2, 0.25) is 0 Å². The third-order valence-electron chi connectivity index (χ3n) is 2.62. The molecule has 0 amide bonds. The lowest BCUT2D eigenvalue weighted by atomic mass is 10.4. The molecule has 4 N–H and O–H groups in total. The summed E-state index contributed by atoms with van der Waals surface area (Å²) in [7, 11) is -3.65. The molecule has 0 saturated carbocycles. The van der Waals surface area contributed by atoms with Crippen molar-refractivity contribution in [3.63, 3.8) is 0 Å². The number of nitrogens with zero attached hydrogens (tertiary/aromatic N) is 2. The highest BCUT2D eigenvalue weighted by molar-refractivity contribution is 7.93. The predicted molar refractivity (Wildman–Crippen MR) is 82.7 cm³/mol. The maximum absolute atomic E-state index is 12.0.